The Morgan fingerprint density at radius 2 is 2.33 bits per heavy atom. The van der Waals surface area contributed by atoms with Crippen molar-refractivity contribution in [3.8, 4) is 0 Å². The summed E-state index contributed by atoms with van der Waals surface area (Å²) in [7, 11) is 0. The minimum absolute atomic E-state index is 0.917. The molecule has 1 saturated heterocycles. The first-order valence-corrected chi connectivity index (χ1v) is 5.96. The summed E-state index contributed by atoms with van der Waals surface area (Å²) in [5.41, 5.74) is 1.37. The van der Waals surface area contributed by atoms with Gasteiger partial charge in [0, 0.05) is 13.1 Å². The van der Waals surface area contributed by atoms with E-state index >= 15 is 0 Å². The van der Waals surface area contributed by atoms with E-state index in [9.17, 15) is 0 Å². The first kappa shape index (κ1) is 12.3. The Morgan fingerprint density at radius 3 is 2.87 bits per heavy atom. The van der Waals surface area contributed by atoms with Gasteiger partial charge in [-0.15, -0.1) is 0 Å². The largest absolute Gasteiger partial charge is 0.299 e. The lowest BCUT2D eigenvalue weighted by molar-refractivity contribution is 0.351. The molecule has 1 heterocycles. The fourth-order valence-corrected chi connectivity index (χ4v) is 2.17. The fraction of sp³-hybridized carbons (Fsp3) is 0.571. The number of nitrogens with zero attached hydrogens (tertiary/aromatic N) is 1. The highest BCUT2D eigenvalue weighted by Crippen LogP contribution is 2.20. The molecule has 1 nitrogen and oxygen atoms in total. The maximum Gasteiger partial charge on any atom is 0.0233 e. The standard InChI is InChI=1S/C14H23N/c1-4-7-14(8-5-2)12-15-10-9-13(6-3)11-15/h4-5,7-8,13H,1,6,9-12H2,2-3H3/b8-5-,14-7+. The lowest BCUT2D eigenvalue weighted by Gasteiger charge is -2.16. The van der Waals surface area contributed by atoms with Crippen LogP contribution in [-0.4, -0.2) is 24.5 Å². The van der Waals surface area contributed by atoms with Crippen LogP contribution in [0.15, 0.2) is 36.5 Å². The third-order valence-electron chi connectivity index (χ3n) is 3.07. The minimum Gasteiger partial charge on any atom is -0.299 e. The Bertz CT molecular complexity index is 250. The zero-order valence-electron chi connectivity index (χ0n) is 10.1. The van der Waals surface area contributed by atoms with E-state index in [0.717, 1.165) is 12.5 Å². The molecule has 0 spiro atoms. The van der Waals surface area contributed by atoms with Crippen LogP contribution in [-0.2, 0) is 0 Å². The van der Waals surface area contributed by atoms with E-state index in [4.69, 9.17) is 0 Å². The molecule has 1 unspecified atom stereocenters. The molecule has 0 saturated carbocycles. The average molecular weight is 205 g/mol. The summed E-state index contributed by atoms with van der Waals surface area (Å²) in [6.07, 6.45) is 11.0. The van der Waals surface area contributed by atoms with E-state index in [0.29, 0.717) is 0 Å². The Balaban J connectivity index is 2.46. The molecule has 0 aromatic heterocycles. The Kier molecular flexibility index (Phi) is 5.41. The van der Waals surface area contributed by atoms with Crippen LogP contribution in [0.5, 0.6) is 0 Å². The van der Waals surface area contributed by atoms with Crippen LogP contribution in [0.25, 0.3) is 0 Å². The Labute approximate surface area is 94.2 Å². The second kappa shape index (κ2) is 6.62. The quantitative estimate of drug-likeness (QED) is 0.622. The van der Waals surface area contributed by atoms with Gasteiger partial charge in [-0.05, 0) is 31.4 Å². The molecule has 1 aliphatic rings. The van der Waals surface area contributed by atoms with E-state index in [1.165, 1.54) is 31.5 Å². The van der Waals surface area contributed by atoms with Crippen LogP contribution >= 0.6 is 0 Å². The smallest absolute Gasteiger partial charge is 0.0233 e. The summed E-state index contributed by atoms with van der Waals surface area (Å²) >= 11 is 0. The summed E-state index contributed by atoms with van der Waals surface area (Å²) in [6, 6.07) is 0. The zero-order chi connectivity index (χ0) is 11.1. The fourth-order valence-electron chi connectivity index (χ4n) is 2.17. The second-order valence-corrected chi connectivity index (χ2v) is 4.28. The van der Waals surface area contributed by atoms with Crippen molar-refractivity contribution in [1.82, 2.24) is 4.90 Å². The summed E-state index contributed by atoms with van der Waals surface area (Å²) in [6.45, 7) is 11.7. The highest BCUT2D eigenvalue weighted by molar-refractivity contribution is 5.24. The van der Waals surface area contributed by atoms with Gasteiger partial charge in [-0.3, -0.25) is 4.90 Å². The lowest BCUT2D eigenvalue weighted by atomic mass is 10.1. The van der Waals surface area contributed by atoms with Crippen molar-refractivity contribution in [1.29, 1.82) is 0 Å². The minimum atomic E-state index is 0.917. The monoisotopic (exact) mass is 205 g/mol. The molecule has 1 atom stereocenters. The second-order valence-electron chi connectivity index (χ2n) is 4.28. The molecule has 0 aromatic rings. The van der Waals surface area contributed by atoms with Gasteiger partial charge in [0.15, 0.2) is 0 Å². The predicted molar refractivity (Wildman–Crippen MR) is 67.9 cm³/mol. The predicted octanol–water partition coefficient (Wildman–Crippen LogP) is 3.41. The van der Waals surface area contributed by atoms with Crippen molar-refractivity contribution in [2.75, 3.05) is 19.6 Å². The van der Waals surface area contributed by atoms with Crippen molar-refractivity contribution < 1.29 is 0 Å². The van der Waals surface area contributed by atoms with Crippen LogP contribution in [0.4, 0.5) is 0 Å². The number of allylic oxidation sites excluding steroid dienone is 3. The van der Waals surface area contributed by atoms with Crippen LogP contribution in [0.1, 0.15) is 26.7 Å². The van der Waals surface area contributed by atoms with Crippen molar-refractivity contribution >= 4 is 0 Å². The summed E-state index contributed by atoms with van der Waals surface area (Å²) in [5.74, 6) is 0.917. The van der Waals surface area contributed by atoms with Crippen LogP contribution in [0.3, 0.4) is 0 Å². The van der Waals surface area contributed by atoms with E-state index in [1.54, 1.807) is 0 Å². The Hall–Kier alpha value is -0.820. The molecule has 0 amide bonds. The molecule has 0 aliphatic carbocycles. The van der Waals surface area contributed by atoms with Gasteiger partial charge in [0.1, 0.15) is 0 Å². The first-order valence-electron chi connectivity index (χ1n) is 5.96. The molecular weight excluding hydrogens is 182 g/mol. The maximum atomic E-state index is 3.76. The van der Waals surface area contributed by atoms with Gasteiger partial charge in [-0.2, -0.15) is 0 Å². The summed E-state index contributed by atoms with van der Waals surface area (Å²) in [4.78, 5) is 2.55. The van der Waals surface area contributed by atoms with E-state index in [-0.39, 0.29) is 0 Å². The molecule has 0 N–H and O–H groups in total. The van der Waals surface area contributed by atoms with E-state index in [2.05, 4.69) is 43.6 Å². The SMILES string of the molecule is C=C/C=C(\C=C/C)CN1CCC(CC)C1. The number of hydrogen-bond acceptors (Lipinski definition) is 1. The molecule has 0 radical (unpaired) electrons. The van der Waals surface area contributed by atoms with Crippen molar-refractivity contribution in [2.45, 2.75) is 26.7 Å². The van der Waals surface area contributed by atoms with Gasteiger partial charge in [0.25, 0.3) is 0 Å². The zero-order valence-corrected chi connectivity index (χ0v) is 10.1. The van der Waals surface area contributed by atoms with E-state index < -0.39 is 0 Å². The van der Waals surface area contributed by atoms with Crippen LogP contribution in [0.2, 0.25) is 0 Å². The number of rotatable bonds is 5. The molecule has 1 aliphatic heterocycles. The maximum absolute atomic E-state index is 3.76. The molecule has 1 heteroatoms. The van der Waals surface area contributed by atoms with Gasteiger partial charge >= 0.3 is 0 Å². The van der Waals surface area contributed by atoms with Gasteiger partial charge in [0.2, 0.25) is 0 Å². The number of hydrogen-bond donors (Lipinski definition) is 0. The highest BCUT2D eigenvalue weighted by atomic mass is 15.1. The molecule has 15 heavy (non-hydrogen) atoms. The normalized spacial score (nSPS) is 23.9. The van der Waals surface area contributed by atoms with Gasteiger partial charge in [0.05, 0.1) is 0 Å². The molecular formula is C14H23N. The molecule has 0 aromatic carbocycles. The third-order valence-corrected chi connectivity index (χ3v) is 3.07. The molecule has 1 fully saturated rings. The third kappa shape index (κ3) is 4.05. The highest BCUT2D eigenvalue weighted by Gasteiger charge is 2.20. The van der Waals surface area contributed by atoms with Gasteiger partial charge in [-0.1, -0.05) is 44.2 Å². The lowest BCUT2D eigenvalue weighted by Crippen LogP contribution is -2.22. The van der Waals surface area contributed by atoms with Crippen LogP contribution in [0, 0.1) is 5.92 Å². The first-order chi connectivity index (χ1) is 7.30. The van der Waals surface area contributed by atoms with E-state index in [1.807, 2.05) is 6.08 Å². The average Bonchev–Trinajstić information content (AvgIpc) is 2.66. The Morgan fingerprint density at radius 1 is 1.53 bits per heavy atom. The summed E-state index contributed by atoms with van der Waals surface area (Å²) < 4.78 is 0. The van der Waals surface area contributed by atoms with Gasteiger partial charge in [-0.25, -0.2) is 0 Å². The molecule has 1 rings (SSSR count). The van der Waals surface area contributed by atoms with Crippen molar-refractivity contribution in [2.24, 2.45) is 5.92 Å². The van der Waals surface area contributed by atoms with Crippen LogP contribution < -0.4 is 0 Å². The van der Waals surface area contributed by atoms with Crippen molar-refractivity contribution in [3.05, 3.63) is 36.5 Å². The topological polar surface area (TPSA) is 3.24 Å². The van der Waals surface area contributed by atoms with Gasteiger partial charge < -0.3 is 0 Å². The molecule has 0 bridgehead atoms. The summed E-state index contributed by atoms with van der Waals surface area (Å²) in [5, 5.41) is 0. The number of likely N-dealkylation sites (tertiary alicyclic amines) is 1. The molecule has 84 valence electrons. The van der Waals surface area contributed by atoms with Crippen molar-refractivity contribution in [3.63, 3.8) is 0 Å².